The second-order valence-corrected chi connectivity index (χ2v) is 6.66. The van der Waals surface area contributed by atoms with Gasteiger partial charge in [-0.1, -0.05) is 25.7 Å². The Balaban J connectivity index is 1.33. The maximum absolute atomic E-state index is 12.2. The lowest BCUT2D eigenvalue weighted by molar-refractivity contribution is -0.124. The van der Waals surface area contributed by atoms with Crippen LogP contribution in [0.5, 0.6) is 0 Å². The van der Waals surface area contributed by atoms with E-state index in [4.69, 9.17) is 4.74 Å². The van der Waals surface area contributed by atoms with Crippen LogP contribution in [0.25, 0.3) is 0 Å². The van der Waals surface area contributed by atoms with Crippen LogP contribution >= 0.6 is 0 Å². The van der Waals surface area contributed by atoms with Crippen LogP contribution in [0, 0.1) is 11.8 Å². The van der Waals surface area contributed by atoms with Gasteiger partial charge in [0.15, 0.2) is 0 Å². The zero-order valence-corrected chi connectivity index (χ0v) is 12.4. The van der Waals surface area contributed by atoms with Gasteiger partial charge >= 0.3 is 0 Å². The number of nitrogens with one attached hydrogen (secondary N) is 2. The molecule has 1 heterocycles. The van der Waals surface area contributed by atoms with Crippen molar-refractivity contribution in [3.05, 3.63) is 0 Å². The Labute approximate surface area is 122 Å². The summed E-state index contributed by atoms with van der Waals surface area (Å²) in [7, 11) is 0. The molecule has 1 amide bonds. The molecule has 3 unspecified atom stereocenters. The fourth-order valence-corrected chi connectivity index (χ4v) is 4.22. The first kappa shape index (κ1) is 14.3. The first-order valence-corrected chi connectivity index (χ1v) is 8.47. The summed E-state index contributed by atoms with van der Waals surface area (Å²) in [5.74, 6) is 1.50. The monoisotopic (exact) mass is 280 g/mol. The molecule has 0 bridgehead atoms. The average molecular weight is 280 g/mol. The summed E-state index contributed by atoms with van der Waals surface area (Å²) < 4.78 is 5.85. The molecule has 0 aromatic carbocycles. The zero-order valence-electron chi connectivity index (χ0n) is 12.4. The number of ether oxygens (including phenoxy) is 1. The van der Waals surface area contributed by atoms with Gasteiger partial charge in [0.05, 0.1) is 18.8 Å². The van der Waals surface area contributed by atoms with Gasteiger partial charge in [-0.25, -0.2) is 0 Å². The molecule has 3 fully saturated rings. The molecule has 0 aromatic heterocycles. The number of carbonyl (C=O) groups excluding carboxylic acids is 1. The van der Waals surface area contributed by atoms with Crippen LogP contribution in [0.1, 0.15) is 51.4 Å². The quantitative estimate of drug-likeness (QED) is 0.756. The first-order chi connectivity index (χ1) is 9.84. The predicted octanol–water partition coefficient (Wildman–Crippen LogP) is 1.84. The molecule has 1 saturated heterocycles. The minimum atomic E-state index is 0.0529. The summed E-state index contributed by atoms with van der Waals surface area (Å²) in [5.41, 5.74) is 0. The van der Waals surface area contributed by atoms with E-state index in [9.17, 15) is 4.79 Å². The van der Waals surface area contributed by atoms with E-state index < -0.39 is 0 Å². The minimum absolute atomic E-state index is 0.0529. The van der Waals surface area contributed by atoms with Crippen LogP contribution in [-0.2, 0) is 9.53 Å². The fraction of sp³-hybridized carbons (Fsp3) is 0.938. The van der Waals surface area contributed by atoms with Crippen molar-refractivity contribution in [3.63, 3.8) is 0 Å². The largest absolute Gasteiger partial charge is 0.376 e. The first-order valence-electron chi connectivity index (χ1n) is 8.47. The third-order valence-corrected chi connectivity index (χ3v) is 5.34. The molecule has 114 valence electrons. The van der Waals surface area contributed by atoms with Gasteiger partial charge in [0.25, 0.3) is 0 Å². The maximum Gasteiger partial charge on any atom is 0.237 e. The van der Waals surface area contributed by atoms with Gasteiger partial charge in [0, 0.05) is 6.54 Å². The van der Waals surface area contributed by atoms with Crippen molar-refractivity contribution in [2.75, 3.05) is 19.7 Å². The highest BCUT2D eigenvalue weighted by molar-refractivity contribution is 5.82. The van der Waals surface area contributed by atoms with E-state index in [-0.39, 0.29) is 11.9 Å². The van der Waals surface area contributed by atoms with Gasteiger partial charge in [-0.3, -0.25) is 4.79 Å². The Kier molecular flexibility index (Phi) is 4.94. The SMILES string of the molecule is O=C(NCCOC1CCCCC1)C1NCC2CCCC21. The van der Waals surface area contributed by atoms with Gasteiger partial charge in [0.1, 0.15) is 0 Å². The Morgan fingerprint density at radius 3 is 2.80 bits per heavy atom. The van der Waals surface area contributed by atoms with E-state index in [1.54, 1.807) is 0 Å². The number of carbonyl (C=O) groups is 1. The highest BCUT2D eigenvalue weighted by Crippen LogP contribution is 2.37. The van der Waals surface area contributed by atoms with Gasteiger partial charge in [-0.05, 0) is 44.1 Å². The Morgan fingerprint density at radius 2 is 1.95 bits per heavy atom. The van der Waals surface area contributed by atoms with Crippen molar-refractivity contribution < 1.29 is 9.53 Å². The molecule has 2 saturated carbocycles. The van der Waals surface area contributed by atoms with Crippen molar-refractivity contribution in [2.45, 2.75) is 63.5 Å². The van der Waals surface area contributed by atoms with E-state index in [1.165, 1.54) is 51.4 Å². The third kappa shape index (κ3) is 3.34. The second-order valence-electron chi connectivity index (χ2n) is 6.66. The zero-order chi connectivity index (χ0) is 13.8. The van der Waals surface area contributed by atoms with E-state index in [1.807, 2.05) is 0 Å². The topological polar surface area (TPSA) is 50.4 Å². The molecule has 4 nitrogen and oxygen atoms in total. The van der Waals surface area contributed by atoms with Crippen LogP contribution in [0.15, 0.2) is 0 Å². The number of hydrogen-bond acceptors (Lipinski definition) is 3. The molecular weight excluding hydrogens is 252 g/mol. The van der Waals surface area contributed by atoms with Gasteiger partial charge in [0.2, 0.25) is 5.91 Å². The van der Waals surface area contributed by atoms with E-state index in [2.05, 4.69) is 10.6 Å². The molecular formula is C16H28N2O2. The molecule has 4 heteroatoms. The average Bonchev–Trinajstić information content (AvgIpc) is 3.07. The van der Waals surface area contributed by atoms with Crippen LogP contribution in [0.2, 0.25) is 0 Å². The summed E-state index contributed by atoms with van der Waals surface area (Å²) in [4.78, 5) is 12.2. The summed E-state index contributed by atoms with van der Waals surface area (Å²) in [5, 5.41) is 6.45. The van der Waals surface area contributed by atoms with E-state index in [0.29, 0.717) is 25.2 Å². The molecule has 3 aliphatic rings. The maximum atomic E-state index is 12.2. The van der Waals surface area contributed by atoms with Crippen molar-refractivity contribution >= 4 is 5.91 Å². The molecule has 0 radical (unpaired) electrons. The molecule has 3 rings (SSSR count). The predicted molar refractivity (Wildman–Crippen MR) is 78.5 cm³/mol. The smallest absolute Gasteiger partial charge is 0.237 e. The second kappa shape index (κ2) is 6.90. The number of hydrogen-bond donors (Lipinski definition) is 2. The van der Waals surface area contributed by atoms with Crippen LogP contribution in [0.3, 0.4) is 0 Å². The molecule has 2 N–H and O–H groups in total. The van der Waals surface area contributed by atoms with Crippen LogP contribution < -0.4 is 10.6 Å². The lowest BCUT2D eigenvalue weighted by Gasteiger charge is -2.22. The Morgan fingerprint density at radius 1 is 1.10 bits per heavy atom. The third-order valence-electron chi connectivity index (χ3n) is 5.34. The fourth-order valence-electron chi connectivity index (χ4n) is 4.22. The lowest BCUT2D eigenvalue weighted by Crippen LogP contribution is -2.45. The molecule has 0 aromatic rings. The Hall–Kier alpha value is -0.610. The van der Waals surface area contributed by atoms with Crippen molar-refractivity contribution in [1.29, 1.82) is 0 Å². The van der Waals surface area contributed by atoms with Crippen molar-refractivity contribution in [1.82, 2.24) is 10.6 Å². The number of amides is 1. The molecule has 3 atom stereocenters. The number of rotatable bonds is 5. The minimum Gasteiger partial charge on any atom is -0.376 e. The van der Waals surface area contributed by atoms with Crippen molar-refractivity contribution in [3.8, 4) is 0 Å². The molecule has 2 aliphatic carbocycles. The van der Waals surface area contributed by atoms with Crippen molar-refractivity contribution in [2.24, 2.45) is 11.8 Å². The number of fused-ring (bicyclic) bond motifs is 1. The highest BCUT2D eigenvalue weighted by Gasteiger charge is 2.42. The summed E-state index contributed by atoms with van der Waals surface area (Å²) in [6.07, 6.45) is 10.6. The van der Waals surface area contributed by atoms with Gasteiger partial charge < -0.3 is 15.4 Å². The molecule has 1 aliphatic heterocycles. The lowest BCUT2D eigenvalue weighted by atomic mass is 9.94. The van der Waals surface area contributed by atoms with E-state index >= 15 is 0 Å². The molecule has 20 heavy (non-hydrogen) atoms. The van der Waals surface area contributed by atoms with Gasteiger partial charge in [-0.15, -0.1) is 0 Å². The molecule has 0 spiro atoms. The summed E-state index contributed by atoms with van der Waals surface area (Å²) in [6.45, 7) is 2.35. The Bertz CT molecular complexity index is 328. The van der Waals surface area contributed by atoms with Crippen LogP contribution in [-0.4, -0.2) is 37.7 Å². The summed E-state index contributed by atoms with van der Waals surface area (Å²) >= 11 is 0. The normalized spacial score (nSPS) is 34.1. The standard InChI is InChI=1S/C16H28N2O2/c19-16(15-14-8-4-5-12(14)11-18-15)17-9-10-20-13-6-2-1-3-7-13/h12-15,18H,1-11H2,(H,17,19). The van der Waals surface area contributed by atoms with E-state index in [0.717, 1.165) is 12.5 Å². The highest BCUT2D eigenvalue weighted by atomic mass is 16.5. The van der Waals surface area contributed by atoms with Gasteiger partial charge in [-0.2, -0.15) is 0 Å². The summed E-state index contributed by atoms with van der Waals surface area (Å²) in [6, 6.07) is 0.0529. The van der Waals surface area contributed by atoms with Crippen LogP contribution in [0.4, 0.5) is 0 Å².